The van der Waals surface area contributed by atoms with Crippen molar-refractivity contribution >= 4 is 28.9 Å². The zero-order valence-electron chi connectivity index (χ0n) is 18.8. The van der Waals surface area contributed by atoms with Gasteiger partial charge in [-0.3, -0.25) is 9.78 Å². The van der Waals surface area contributed by atoms with E-state index in [4.69, 9.17) is 12.2 Å². The fraction of sp³-hybridized carbons (Fsp3) is 0.148. The lowest BCUT2D eigenvalue weighted by Crippen LogP contribution is -2.37. The third-order valence-electron chi connectivity index (χ3n) is 6.03. The summed E-state index contributed by atoms with van der Waals surface area (Å²) in [6, 6.07) is 27.3. The van der Waals surface area contributed by atoms with Gasteiger partial charge in [0.2, 0.25) is 5.91 Å². The van der Waals surface area contributed by atoms with E-state index >= 15 is 0 Å². The van der Waals surface area contributed by atoms with Crippen molar-refractivity contribution in [3.8, 4) is 5.69 Å². The number of carbonyl (C=O) groups is 1. The van der Waals surface area contributed by atoms with Crippen molar-refractivity contribution in [2.45, 2.75) is 19.0 Å². The zero-order chi connectivity index (χ0) is 23.5. The Kier molecular flexibility index (Phi) is 6.10. The van der Waals surface area contributed by atoms with Crippen molar-refractivity contribution in [3.05, 3.63) is 114 Å². The van der Waals surface area contributed by atoms with Gasteiger partial charge in [0.1, 0.15) is 6.54 Å². The first-order valence-electron chi connectivity index (χ1n) is 11.2. The number of nitrogens with one attached hydrogen (secondary N) is 2. The van der Waals surface area contributed by atoms with Gasteiger partial charge in [0.15, 0.2) is 5.11 Å². The second kappa shape index (κ2) is 9.49. The SMILES string of the molecule is Cc1ccccc1-n1cccc1[C@@H]1[C@H](c2ccccn2)NC(=S)N1CC(=O)Nc1ccccc1. The summed E-state index contributed by atoms with van der Waals surface area (Å²) < 4.78 is 2.17. The Morgan fingerprint density at radius 1 is 1.00 bits per heavy atom. The summed E-state index contributed by atoms with van der Waals surface area (Å²) in [7, 11) is 0. The molecule has 2 aromatic heterocycles. The fourth-order valence-corrected chi connectivity index (χ4v) is 4.77. The van der Waals surface area contributed by atoms with Gasteiger partial charge in [0.05, 0.1) is 17.8 Å². The lowest BCUT2D eigenvalue weighted by Gasteiger charge is -2.28. The molecule has 0 unspecified atom stereocenters. The molecule has 1 aliphatic heterocycles. The van der Waals surface area contributed by atoms with E-state index < -0.39 is 0 Å². The highest BCUT2D eigenvalue weighted by Gasteiger charge is 2.42. The highest BCUT2D eigenvalue weighted by molar-refractivity contribution is 7.80. The van der Waals surface area contributed by atoms with E-state index in [2.05, 4.69) is 51.5 Å². The molecule has 0 bridgehead atoms. The number of nitrogens with zero attached hydrogens (tertiary/aromatic N) is 3. The van der Waals surface area contributed by atoms with Crippen molar-refractivity contribution in [1.82, 2.24) is 19.8 Å². The maximum Gasteiger partial charge on any atom is 0.244 e. The highest BCUT2D eigenvalue weighted by atomic mass is 32.1. The number of thiocarbonyl (C=S) groups is 1. The minimum absolute atomic E-state index is 0.119. The molecule has 1 aliphatic rings. The molecule has 4 aromatic rings. The van der Waals surface area contributed by atoms with E-state index in [0.29, 0.717) is 5.11 Å². The maximum absolute atomic E-state index is 13.0. The molecule has 1 amide bonds. The van der Waals surface area contributed by atoms with Crippen LogP contribution in [0.15, 0.2) is 97.3 Å². The van der Waals surface area contributed by atoms with E-state index in [1.54, 1.807) is 6.20 Å². The predicted octanol–water partition coefficient (Wildman–Crippen LogP) is 4.79. The van der Waals surface area contributed by atoms with Gasteiger partial charge in [0, 0.05) is 29.5 Å². The molecule has 34 heavy (non-hydrogen) atoms. The Morgan fingerprint density at radius 2 is 1.76 bits per heavy atom. The van der Waals surface area contributed by atoms with Crippen LogP contribution in [0.25, 0.3) is 5.69 Å². The topological polar surface area (TPSA) is 62.2 Å². The molecule has 0 spiro atoms. The van der Waals surface area contributed by atoms with Crippen molar-refractivity contribution in [1.29, 1.82) is 0 Å². The van der Waals surface area contributed by atoms with Crippen LogP contribution in [0.1, 0.15) is 29.0 Å². The first-order valence-corrected chi connectivity index (χ1v) is 11.6. The van der Waals surface area contributed by atoms with Crippen LogP contribution >= 0.6 is 12.2 Å². The van der Waals surface area contributed by atoms with Gasteiger partial charge >= 0.3 is 0 Å². The molecular weight excluding hydrogens is 442 g/mol. The lowest BCUT2D eigenvalue weighted by atomic mass is 10.0. The van der Waals surface area contributed by atoms with Gasteiger partial charge in [-0.15, -0.1) is 0 Å². The summed E-state index contributed by atoms with van der Waals surface area (Å²) >= 11 is 5.74. The zero-order valence-corrected chi connectivity index (χ0v) is 19.6. The lowest BCUT2D eigenvalue weighted by molar-refractivity contribution is -0.116. The number of carbonyl (C=O) groups excluding carboxylic acids is 1. The monoisotopic (exact) mass is 467 g/mol. The molecule has 2 atom stereocenters. The number of benzene rings is 2. The number of aryl methyl sites for hydroxylation is 1. The minimum Gasteiger partial charge on any atom is -0.352 e. The third kappa shape index (κ3) is 4.30. The summed E-state index contributed by atoms with van der Waals surface area (Å²) in [5.41, 5.74) is 4.92. The number of para-hydroxylation sites is 2. The highest BCUT2D eigenvalue weighted by Crippen LogP contribution is 2.39. The van der Waals surface area contributed by atoms with Gasteiger partial charge in [-0.25, -0.2) is 0 Å². The van der Waals surface area contributed by atoms with Crippen LogP contribution in [0, 0.1) is 6.92 Å². The van der Waals surface area contributed by atoms with Crippen LogP contribution in [0.3, 0.4) is 0 Å². The second-order valence-corrected chi connectivity index (χ2v) is 8.64. The standard InChI is InChI=1S/C27H25N5OS/c1-19-10-5-6-14-22(19)31-17-9-15-23(31)26-25(21-13-7-8-16-28-21)30-27(34)32(26)18-24(33)29-20-11-3-2-4-12-20/h2-17,25-26H,18H2,1H3,(H,29,33)(H,30,34)/t25-,26+/m0/s1. The van der Waals surface area contributed by atoms with E-state index in [1.165, 1.54) is 0 Å². The molecule has 0 radical (unpaired) electrons. The largest absolute Gasteiger partial charge is 0.352 e. The average molecular weight is 468 g/mol. The number of anilines is 1. The summed E-state index contributed by atoms with van der Waals surface area (Å²) in [6.07, 6.45) is 3.83. The smallest absolute Gasteiger partial charge is 0.244 e. The molecule has 7 heteroatoms. The number of aromatic nitrogens is 2. The van der Waals surface area contributed by atoms with Crippen molar-refractivity contribution in [2.75, 3.05) is 11.9 Å². The van der Waals surface area contributed by atoms with Gasteiger partial charge in [-0.1, -0.05) is 42.5 Å². The van der Waals surface area contributed by atoms with Crippen LogP contribution in [0.5, 0.6) is 0 Å². The fourth-order valence-electron chi connectivity index (χ4n) is 4.46. The summed E-state index contributed by atoms with van der Waals surface area (Å²) in [4.78, 5) is 19.6. The molecular formula is C27H25N5OS. The van der Waals surface area contributed by atoms with Gasteiger partial charge in [0.25, 0.3) is 0 Å². The van der Waals surface area contributed by atoms with Crippen LogP contribution in [-0.2, 0) is 4.79 Å². The molecule has 2 aromatic carbocycles. The Bertz CT molecular complexity index is 1300. The number of amides is 1. The molecule has 0 saturated carbocycles. The summed E-state index contributed by atoms with van der Waals surface area (Å²) in [6.45, 7) is 2.21. The first kappa shape index (κ1) is 21.9. The summed E-state index contributed by atoms with van der Waals surface area (Å²) in [5.74, 6) is -0.129. The Morgan fingerprint density at radius 3 is 2.53 bits per heavy atom. The first-order chi connectivity index (χ1) is 16.6. The molecule has 6 nitrogen and oxygen atoms in total. The van der Waals surface area contributed by atoms with Crippen LogP contribution in [0.2, 0.25) is 0 Å². The molecule has 1 saturated heterocycles. The van der Waals surface area contributed by atoms with Crippen LogP contribution < -0.4 is 10.6 Å². The quantitative estimate of drug-likeness (QED) is 0.399. The maximum atomic E-state index is 13.0. The van der Waals surface area contributed by atoms with Crippen LogP contribution in [0.4, 0.5) is 5.69 Å². The minimum atomic E-state index is -0.224. The number of pyridine rings is 1. The Hall–Kier alpha value is -3.97. The molecule has 3 heterocycles. The number of hydrogen-bond donors (Lipinski definition) is 2. The molecule has 0 aliphatic carbocycles. The average Bonchev–Trinajstić information content (AvgIpc) is 3.45. The van der Waals surface area contributed by atoms with Gasteiger partial charge in [-0.2, -0.15) is 0 Å². The molecule has 2 N–H and O–H groups in total. The second-order valence-electron chi connectivity index (χ2n) is 8.26. The van der Waals surface area contributed by atoms with E-state index in [0.717, 1.165) is 28.3 Å². The predicted molar refractivity (Wildman–Crippen MR) is 138 cm³/mol. The van der Waals surface area contributed by atoms with E-state index in [9.17, 15) is 4.79 Å². The Labute approximate surface area is 204 Å². The van der Waals surface area contributed by atoms with E-state index in [-0.39, 0.29) is 24.5 Å². The molecule has 1 fully saturated rings. The normalized spacial score (nSPS) is 17.4. The van der Waals surface area contributed by atoms with Gasteiger partial charge < -0.3 is 20.1 Å². The van der Waals surface area contributed by atoms with Crippen molar-refractivity contribution < 1.29 is 4.79 Å². The Balaban J connectivity index is 1.53. The number of rotatable bonds is 6. The van der Waals surface area contributed by atoms with Crippen LogP contribution in [-0.4, -0.2) is 32.0 Å². The summed E-state index contributed by atoms with van der Waals surface area (Å²) in [5, 5.41) is 6.93. The third-order valence-corrected chi connectivity index (χ3v) is 6.38. The molecule has 5 rings (SSSR count). The van der Waals surface area contributed by atoms with Gasteiger partial charge in [-0.05, 0) is 67.2 Å². The van der Waals surface area contributed by atoms with E-state index in [1.807, 2.05) is 71.6 Å². The van der Waals surface area contributed by atoms with Crippen molar-refractivity contribution in [3.63, 3.8) is 0 Å². The number of hydrogen-bond acceptors (Lipinski definition) is 3. The van der Waals surface area contributed by atoms with Crippen molar-refractivity contribution in [2.24, 2.45) is 0 Å². The molecule has 170 valence electrons.